The molecule has 1 aromatic rings. The molecule has 1 heterocycles. The number of furan rings is 1. The Morgan fingerprint density at radius 1 is 1.45 bits per heavy atom. The Labute approximate surface area is 132 Å². The molecule has 0 atom stereocenters. The molecule has 3 N–H and O–H groups in total. The summed E-state index contributed by atoms with van der Waals surface area (Å²) in [5, 5.41) is 2.67. The maximum absolute atomic E-state index is 11.9. The van der Waals surface area contributed by atoms with Crippen molar-refractivity contribution in [1.82, 2.24) is 10.2 Å². The van der Waals surface area contributed by atoms with E-state index in [1.807, 2.05) is 13.8 Å². The molecule has 0 spiro atoms. The second-order valence-corrected chi connectivity index (χ2v) is 5.81. The van der Waals surface area contributed by atoms with Crippen LogP contribution < -0.4 is 11.1 Å². The number of hydrogen-bond donors (Lipinski definition) is 2. The van der Waals surface area contributed by atoms with Crippen molar-refractivity contribution in [3.05, 3.63) is 22.6 Å². The molecule has 6 nitrogen and oxygen atoms in total. The van der Waals surface area contributed by atoms with Gasteiger partial charge in [-0.1, -0.05) is 0 Å². The molecular formula is C12H19BrClN3O3. The summed E-state index contributed by atoms with van der Waals surface area (Å²) in [6, 6.07) is 3.17. The van der Waals surface area contributed by atoms with Crippen LogP contribution in [0.5, 0.6) is 0 Å². The monoisotopic (exact) mass is 367 g/mol. The van der Waals surface area contributed by atoms with Gasteiger partial charge in [-0.05, 0) is 41.9 Å². The van der Waals surface area contributed by atoms with Crippen LogP contribution in [0, 0.1) is 0 Å². The van der Waals surface area contributed by atoms with Gasteiger partial charge < -0.3 is 20.4 Å². The maximum Gasteiger partial charge on any atom is 0.289 e. The molecule has 20 heavy (non-hydrogen) atoms. The number of amides is 2. The van der Waals surface area contributed by atoms with Crippen LogP contribution in [0.2, 0.25) is 0 Å². The van der Waals surface area contributed by atoms with E-state index in [1.54, 1.807) is 12.1 Å². The Kier molecular flexibility index (Phi) is 7.26. The summed E-state index contributed by atoms with van der Waals surface area (Å²) >= 11 is 3.12. The third-order valence-electron chi connectivity index (χ3n) is 2.25. The van der Waals surface area contributed by atoms with Crippen molar-refractivity contribution in [1.29, 1.82) is 0 Å². The average molecular weight is 369 g/mol. The minimum Gasteiger partial charge on any atom is -0.444 e. The van der Waals surface area contributed by atoms with Gasteiger partial charge in [-0.3, -0.25) is 9.59 Å². The summed E-state index contributed by atoms with van der Waals surface area (Å²) in [4.78, 5) is 24.8. The zero-order chi connectivity index (χ0) is 14.6. The number of nitrogens with zero attached hydrogens (tertiary/aromatic N) is 1. The average Bonchev–Trinajstić information content (AvgIpc) is 2.71. The topological polar surface area (TPSA) is 88.6 Å². The van der Waals surface area contributed by atoms with E-state index in [0.717, 1.165) is 0 Å². The quantitative estimate of drug-likeness (QED) is 0.822. The lowest BCUT2D eigenvalue weighted by Gasteiger charge is -2.20. The Hall–Kier alpha value is -1.05. The third-order valence-corrected chi connectivity index (χ3v) is 2.68. The number of likely N-dealkylation sites (N-methyl/N-ethyl adjacent to an activating group) is 1. The number of rotatable bonds is 5. The molecular weight excluding hydrogens is 350 g/mol. The van der Waals surface area contributed by atoms with E-state index in [2.05, 4.69) is 21.2 Å². The number of halogens is 2. The SMILES string of the molecule is CN(CC(=O)NCC(C)(C)N)C(=O)c1ccc(Br)o1.Cl. The molecule has 2 amide bonds. The van der Waals surface area contributed by atoms with E-state index in [1.165, 1.54) is 11.9 Å². The molecule has 0 unspecified atom stereocenters. The number of hydrogen-bond acceptors (Lipinski definition) is 4. The molecule has 0 saturated carbocycles. The van der Waals surface area contributed by atoms with Gasteiger partial charge in [-0.2, -0.15) is 0 Å². The summed E-state index contributed by atoms with van der Waals surface area (Å²) in [7, 11) is 1.53. The van der Waals surface area contributed by atoms with Crippen molar-refractivity contribution >= 4 is 40.2 Å². The molecule has 8 heteroatoms. The predicted molar refractivity (Wildman–Crippen MR) is 81.9 cm³/mol. The molecule has 0 radical (unpaired) electrons. The summed E-state index contributed by atoms with van der Waals surface area (Å²) in [6.45, 7) is 3.92. The van der Waals surface area contributed by atoms with Gasteiger partial charge in [0.2, 0.25) is 5.91 Å². The summed E-state index contributed by atoms with van der Waals surface area (Å²) < 4.78 is 5.61. The first-order valence-electron chi connectivity index (χ1n) is 5.75. The van der Waals surface area contributed by atoms with E-state index in [-0.39, 0.29) is 36.5 Å². The molecule has 0 aromatic carbocycles. The van der Waals surface area contributed by atoms with Gasteiger partial charge >= 0.3 is 0 Å². The number of carbonyl (C=O) groups is 2. The smallest absolute Gasteiger partial charge is 0.289 e. The highest BCUT2D eigenvalue weighted by Crippen LogP contribution is 2.15. The maximum atomic E-state index is 11.9. The fourth-order valence-corrected chi connectivity index (χ4v) is 1.59. The number of carbonyl (C=O) groups excluding carboxylic acids is 2. The number of nitrogens with two attached hydrogens (primary N) is 1. The fourth-order valence-electron chi connectivity index (χ4n) is 1.29. The van der Waals surface area contributed by atoms with Gasteiger partial charge in [-0.25, -0.2) is 0 Å². The van der Waals surface area contributed by atoms with Crippen LogP contribution in [0.25, 0.3) is 0 Å². The second kappa shape index (κ2) is 7.66. The molecule has 0 aliphatic heterocycles. The van der Waals surface area contributed by atoms with Crippen LogP contribution in [0.4, 0.5) is 0 Å². The molecule has 0 aliphatic rings. The van der Waals surface area contributed by atoms with Crippen molar-refractivity contribution in [2.24, 2.45) is 5.73 Å². The van der Waals surface area contributed by atoms with Gasteiger partial charge in [0.25, 0.3) is 5.91 Å². The van der Waals surface area contributed by atoms with Crippen LogP contribution in [0.3, 0.4) is 0 Å². The first-order chi connectivity index (χ1) is 8.69. The minimum absolute atomic E-state index is 0. The molecule has 0 fully saturated rings. The number of nitrogens with one attached hydrogen (secondary N) is 1. The lowest BCUT2D eigenvalue weighted by atomic mass is 10.1. The van der Waals surface area contributed by atoms with Gasteiger partial charge in [-0.15, -0.1) is 12.4 Å². The standard InChI is InChI=1S/C12H18BrN3O3.ClH/c1-12(2,14)7-15-10(17)6-16(3)11(18)8-4-5-9(13)19-8;/h4-5H,6-7,14H2,1-3H3,(H,15,17);1H. The fraction of sp³-hybridized carbons (Fsp3) is 0.500. The van der Waals surface area contributed by atoms with E-state index in [9.17, 15) is 9.59 Å². The van der Waals surface area contributed by atoms with Crippen LogP contribution in [0.15, 0.2) is 21.2 Å². The van der Waals surface area contributed by atoms with Crippen LogP contribution in [0.1, 0.15) is 24.4 Å². The summed E-state index contributed by atoms with van der Waals surface area (Å²) in [6.07, 6.45) is 0. The molecule has 1 rings (SSSR count). The Morgan fingerprint density at radius 2 is 2.05 bits per heavy atom. The van der Waals surface area contributed by atoms with E-state index >= 15 is 0 Å². The molecule has 0 bridgehead atoms. The van der Waals surface area contributed by atoms with Gasteiger partial charge in [0.05, 0.1) is 6.54 Å². The molecule has 0 saturated heterocycles. The Balaban J connectivity index is 0.00000361. The van der Waals surface area contributed by atoms with Crippen molar-refractivity contribution in [3.8, 4) is 0 Å². The highest BCUT2D eigenvalue weighted by atomic mass is 79.9. The van der Waals surface area contributed by atoms with Gasteiger partial charge in [0.1, 0.15) is 0 Å². The largest absolute Gasteiger partial charge is 0.444 e. The van der Waals surface area contributed by atoms with Crippen LogP contribution >= 0.6 is 28.3 Å². The van der Waals surface area contributed by atoms with Crippen molar-refractivity contribution in [2.75, 3.05) is 20.1 Å². The third kappa shape index (κ3) is 6.40. The van der Waals surface area contributed by atoms with Crippen LogP contribution in [-0.4, -0.2) is 42.4 Å². The lowest BCUT2D eigenvalue weighted by molar-refractivity contribution is -0.121. The van der Waals surface area contributed by atoms with E-state index < -0.39 is 5.54 Å². The van der Waals surface area contributed by atoms with Crippen LogP contribution in [-0.2, 0) is 4.79 Å². The first-order valence-corrected chi connectivity index (χ1v) is 6.55. The Bertz CT molecular complexity index is 471. The summed E-state index contributed by atoms with van der Waals surface area (Å²) in [5.74, 6) is -0.436. The zero-order valence-electron chi connectivity index (χ0n) is 11.6. The van der Waals surface area contributed by atoms with Crippen molar-refractivity contribution in [2.45, 2.75) is 19.4 Å². The zero-order valence-corrected chi connectivity index (χ0v) is 14.0. The van der Waals surface area contributed by atoms with Gasteiger partial charge in [0.15, 0.2) is 10.4 Å². The molecule has 1 aromatic heterocycles. The van der Waals surface area contributed by atoms with Gasteiger partial charge in [0, 0.05) is 19.1 Å². The highest BCUT2D eigenvalue weighted by molar-refractivity contribution is 9.10. The first kappa shape index (κ1) is 18.9. The lowest BCUT2D eigenvalue weighted by Crippen LogP contribution is -2.47. The molecule has 114 valence electrons. The van der Waals surface area contributed by atoms with E-state index in [4.69, 9.17) is 10.2 Å². The summed E-state index contributed by atoms with van der Waals surface area (Å²) in [5.41, 5.74) is 5.27. The predicted octanol–water partition coefficient (Wildman–Crippen LogP) is 1.39. The normalized spacial score (nSPS) is 10.7. The highest BCUT2D eigenvalue weighted by Gasteiger charge is 2.19. The van der Waals surface area contributed by atoms with Crippen molar-refractivity contribution in [3.63, 3.8) is 0 Å². The van der Waals surface area contributed by atoms with Crippen molar-refractivity contribution < 1.29 is 14.0 Å². The van der Waals surface area contributed by atoms with E-state index in [0.29, 0.717) is 11.2 Å². The molecule has 0 aliphatic carbocycles. The minimum atomic E-state index is -0.482. The Morgan fingerprint density at radius 3 is 2.50 bits per heavy atom. The second-order valence-electron chi connectivity index (χ2n) is 5.03.